The van der Waals surface area contributed by atoms with E-state index in [0.717, 1.165) is 38.5 Å². The number of carbonyl (C=O) groups excluding carboxylic acids is 2. The van der Waals surface area contributed by atoms with Crippen molar-refractivity contribution in [3.8, 4) is 0 Å². The molecule has 4 heteroatoms. The highest BCUT2D eigenvalue weighted by atomic mass is 16.2. The monoisotopic (exact) mass is 238 g/mol. The summed E-state index contributed by atoms with van der Waals surface area (Å²) in [5.74, 6) is 0.112. The fourth-order valence-electron chi connectivity index (χ4n) is 2.96. The summed E-state index contributed by atoms with van der Waals surface area (Å²) in [5, 5.41) is 3.27. The van der Waals surface area contributed by atoms with Gasteiger partial charge in [-0.05, 0) is 45.6 Å². The Hall–Kier alpha value is -0.900. The third kappa shape index (κ3) is 2.86. The largest absolute Gasteiger partial charge is 0.317 e. The number of imide groups is 1. The van der Waals surface area contributed by atoms with Crippen molar-refractivity contribution in [1.29, 1.82) is 0 Å². The van der Waals surface area contributed by atoms with Gasteiger partial charge in [-0.25, -0.2) is 0 Å². The first-order valence-electron chi connectivity index (χ1n) is 6.74. The Bertz CT molecular complexity index is 278. The second-order valence-corrected chi connectivity index (χ2v) is 5.16. The first-order chi connectivity index (χ1) is 8.22. The zero-order chi connectivity index (χ0) is 12.3. The number of hydrogen-bond donors (Lipinski definition) is 1. The Morgan fingerprint density at radius 1 is 1.00 bits per heavy atom. The molecule has 1 aliphatic heterocycles. The number of carbonyl (C=O) groups is 2. The third-order valence-electron chi connectivity index (χ3n) is 4.04. The summed E-state index contributed by atoms with van der Waals surface area (Å²) in [6.07, 6.45) is 6.90. The molecule has 1 saturated heterocycles. The van der Waals surface area contributed by atoms with Crippen molar-refractivity contribution in [2.24, 2.45) is 0 Å². The van der Waals surface area contributed by atoms with Gasteiger partial charge in [0.2, 0.25) is 11.8 Å². The lowest BCUT2D eigenvalue weighted by molar-refractivity contribution is -0.147. The van der Waals surface area contributed by atoms with Gasteiger partial charge in [0.05, 0.1) is 0 Å². The maximum Gasteiger partial charge on any atom is 0.229 e. The molecule has 2 rings (SSSR count). The molecular weight excluding hydrogens is 216 g/mol. The van der Waals surface area contributed by atoms with Crippen LogP contribution in [0.5, 0.6) is 0 Å². The van der Waals surface area contributed by atoms with E-state index in [1.54, 1.807) is 4.90 Å². The van der Waals surface area contributed by atoms with Gasteiger partial charge in [0.15, 0.2) is 0 Å². The summed E-state index contributed by atoms with van der Waals surface area (Å²) in [7, 11) is 1.98. The molecule has 1 saturated carbocycles. The predicted octanol–water partition coefficient (Wildman–Crippen LogP) is 1.45. The first kappa shape index (κ1) is 12.6. The Labute approximate surface area is 103 Å². The standard InChI is InChI=1S/C13H22N2O2/c1-14-10-6-8-11(9-7-10)15-12(16)4-2-3-5-13(15)17/h10-11,14H,2-9H2,1H3. The molecule has 0 radical (unpaired) electrons. The number of likely N-dealkylation sites (tertiary alicyclic amines) is 1. The highest BCUT2D eigenvalue weighted by Crippen LogP contribution is 2.26. The molecule has 4 nitrogen and oxygen atoms in total. The van der Waals surface area contributed by atoms with E-state index in [2.05, 4.69) is 5.32 Å². The molecule has 17 heavy (non-hydrogen) atoms. The molecule has 2 fully saturated rings. The van der Waals surface area contributed by atoms with Gasteiger partial charge >= 0.3 is 0 Å². The van der Waals surface area contributed by atoms with Crippen LogP contribution in [0.2, 0.25) is 0 Å². The molecule has 2 amide bonds. The van der Waals surface area contributed by atoms with E-state index in [1.807, 2.05) is 7.05 Å². The Morgan fingerprint density at radius 3 is 2.00 bits per heavy atom. The van der Waals surface area contributed by atoms with Gasteiger partial charge in [-0.15, -0.1) is 0 Å². The summed E-state index contributed by atoms with van der Waals surface area (Å²) in [6, 6.07) is 0.723. The van der Waals surface area contributed by atoms with Gasteiger partial charge in [0, 0.05) is 24.9 Å². The summed E-state index contributed by atoms with van der Waals surface area (Å²) in [6.45, 7) is 0. The molecule has 0 atom stereocenters. The average molecular weight is 238 g/mol. The van der Waals surface area contributed by atoms with Gasteiger partial charge in [0.1, 0.15) is 0 Å². The lowest BCUT2D eigenvalue weighted by atomic mass is 9.90. The molecule has 1 aliphatic carbocycles. The summed E-state index contributed by atoms with van der Waals surface area (Å²) >= 11 is 0. The molecule has 0 aromatic carbocycles. The van der Waals surface area contributed by atoms with Gasteiger partial charge in [-0.3, -0.25) is 14.5 Å². The summed E-state index contributed by atoms with van der Waals surface area (Å²) in [4.78, 5) is 25.5. The number of hydrogen-bond acceptors (Lipinski definition) is 3. The van der Waals surface area contributed by atoms with Crippen molar-refractivity contribution in [1.82, 2.24) is 10.2 Å². The minimum atomic E-state index is 0.0559. The minimum absolute atomic E-state index is 0.0559. The van der Waals surface area contributed by atoms with Crippen molar-refractivity contribution in [3.05, 3.63) is 0 Å². The van der Waals surface area contributed by atoms with E-state index in [0.29, 0.717) is 18.9 Å². The number of nitrogens with zero attached hydrogens (tertiary/aromatic N) is 1. The summed E-state index contributed by atoms with van der Waals surface area (Å²) in [5.41, 5.74) is 0. The van der Waals surface area contributed by atoms with Crippen LogP contribution in [0.15, 0.2) is 0 Å². The molecule has 1 heterocycles. The van der Waals surface area contributed by atoms with Crippen LogP contribution in [0, 0.1) is 0 Å². The lowest BCUT2D eigenvalue weighted by Gasteiger charge is -2.35. The Balaban J connectivity index is 2.00. The van der Waals surface area contributed by atoms with Crippen LogP contribution in [0.3, 0.4) is 0 Å². The second kappa shape index (κ2) is 5.63. The molecule has 96 valence electrons. The first-order valence-corrected chi connectivity index (χ1v) is 6.74. The van der Waals surface area contributed by atoms with Gasteiger partial charge < -0.3 is 5.32 Å². The molecule has 0 aromatic heterocycles. The minimum Gasteiger partial charge on any atom is -0.317 e. The molecule has 0 bridgehead atoms. The fraction of sp³-hybridized carbons (Fsp3) is 0.846. The predicted molar refractivity (Wildman–Crippen MR) is 65.4 cm³/mol. The number of rotatable bonds is 2. The highest BCUT2D eigenvalue weighted by molar-refractivity contribution is 5.96. The Morgan fingerprint density at radius 2 is 1.53 bits per heavy atom. The molecule has 1 N–H and O–H groups in total. The van der Waals surface area contributed by atoms with Gasteiger partial charge in [-0.1, -0.05) is 0 Å². The smallest absolute Gasteiger partial charge is 0.229 e. The third-order valence-corrected chi connectivity index (χ3v) is 4.04. The lowest BCUT2D eigenvalue weighted by Crippen LogP contribution is -2.47. The maximum absolute atomic E-state index is 12.0. The van der Waals surface area contributed by atoms with E-state index in [-0.39, 0.29) is 17.9 Å². The zero-order valence-electron chi connectivity index (χ0n) is 10.6. The topological polar surface area (TPSA) is 49.4 Å². The second-order valence-electron chi connectivity index (χ2n) is 5.16. The van der Waals surface area contributed by atoms with Crippen molar-refractivity contribution in [2.75, 3.05) is 7.05 Å². The quantitative estimate of drug-likeness (QED) is 0.741. The van der Waals surface area contributed by atoms with Crippen LogP contribution in [-0.2, 0) is 9.59 Å². The van der Waals surface area contributed by atoms with E-state index in [4.69, 9.17) is 0 Å². The van der Waals surface area contributed by atoms with E-state index >= 15 is 0 Å². The maximum atomic E-state index is 12.0. The fourth-order valence-corrected chi connectivity index (χ4v) is 2.96. The van der Waals surface area contributed by atoms with Crippen LogP contribution >= 0.6 is 0 Å². The van der Waals surface area contributed by atoms with E-state index < -0.39 is 0 Å². The van der Waals surface area contributed by atoms with Crippen molar-refractivity contribution in [3.63, 3.8) is 0 Å². The van der Waals surface area contributed by atoms with Crippen LogP contribution in [0.4, 0.5) is 0 Å². The van der Waals surface area contributed by atoms with E-state index in [1.165, 1.54) is 0 Å². The van der Waals surface area contributed by atoms with Crippen LogP contribution in [-0.4, -0.2) is 35.8 Å². The highest BCUT2D eigenvalue weighted by Gasteiger charge is 2.33. The van der Waals surface area contributed by atoms with Crippen LogP contribution < -0.4 is 5.32 Å². The molecule has 2 aliphatic rings. The van der Waals surface area contributed by atoms with E-state index in [9.17, 15) is 9.59 Å². The molecule has 0 spiro atoms. The normalized spacial score (nSPS) is 31.5. The molecule has 0 aromatic rings. The van der Waals surface area contributed by atoms with Crippen molar-refractivity contribution < 1.29 is 9.59 Å². The van der Waals surface area contributed by atoms with Crippen LogP contribution in [0.25, 0.3) is 0 Å². The summed E-state index contributed by atoms with van der Waals surface area (Å²) < 4.78 is 0. The van der Waals surface area contributed by atoms with Gasteiger partial charge in [-0.2, -0.15) is 0 Å². The van der Waals surface area contributed by atoms with Crippen molar-refractivity contribution >= 4 is 11.8 Å². The number of nitrogens with one attached hydrogen (secondary N) is 1. The van der Waals surface area contributed by atoms with Crippen molar-refractivity contribution in [2.45, 2.75) is 63.5 Å². The average Bonchev–Trinajstić information content (AvgIpc) is 2.51. The van der Waals surface area contributed by atoms with Crippen LogP contribution in [0.1, 0.15) is 51.4 Å². The zero-order valence-corrected chi connectivity index (χ0v) is 10.6. The Kier molecular flexibility index (Phi) is 4.15. The molecule has 0 unspecified atom stereocenters. The number of amides is 2. The molecular formula is C13H22N2O2. The van der Waals surface area contributed by atoms with Gasteiger partial charge in [0.25, 0.3) is 0 Å². The SMILES string of the molecule is CNC1CCC(N2C(=O)CCCCC2=O)CC1.